The van der Waals surface area contributed by atoms with Gasteiger partial charge in [0.15, 0.2) is 0 Å². The summed E-state index contributed by atoms with van der Waals surface area (Å²) in [6.07, 6.45) is 4.31. The Hall–Kier alpha value is -2.01. The van der Waals surface area contributed by atoms with Crippen LogP contribution in [0.4, 0.5) is 5.69 Å². The van der Waals surface area contributed by atoms with E-state index in [2.05, 4.69) is 36.0 Å². The van der Waals surface area contributed by atoms with Gasteiger partial charge in [-0.25, -0.2) is 0 Å². The topological polar surface area (TPSA) is 57.4 Å². The van der Waals surface area contributed by atoms with Crippen LogP contribution < -0.4 is 10.1 Å². The van der Waals surface area contributed by atoms with Crippen molar-refractivity contribution in [2.75, 3.05) is 31.6 Å². The van der Waals surface area contributed by atoms with E-state index in [0.717, 1.165) is 28.9 Å². The Labute approximate surface area is 156 Å². The van der Waals surface area contributed by atoms with Crippen molar-refractivity contribution in [3.05, 3.63) is 24.4 Å². The number of anilines is 1. The molecule has 1 aromatic carbocycles. The molecule has 2 heterocycles. The predicted octanol–water partition coefficient (Wildman–Crippen LogP) is 4.26. The lowest BCUT2D eigenvalue weighted by molar-refractivity contribution is -0.114. The second-order valence-electron chi connectivity index (χ2n) is 8.08. The molecule has 0 spiro atoms. The minimum Gasteiger partial charge on any atom is -0.493 e. The highest BCUT2D eigenvalue weighted by atomic mass is 16.5. The van der Waals surface area contributed by atoms with Gasteiger partial charge >= 0.3 is 0 Å². The number of aromatic amines is 1. The molecule has 0 saturated carbocycles. The van der Waals surface area contributed by atoms with Gasteiger partial charge in [0.2, 0.25) is 5.91 Å². The molecule has 0 atom stereocenters. The fraction of sp³-hybridized carbons (Fsp3) is 0.571. The summed E-state index contributed by atoms with van der Waals surface area (Å²) in [6, 6.07) is 6.00. The number of aromatic nitrogens is 1. The van der Waals surface area contributed by atoms with Crippen molar-refractivity contribution in [2.45, 2.75) is 40.5 Å². The van der Waals surface area contributed by atoms with E-state index in [1.165, 1.54) is 32.9 Å². The molecule has 0 aliphatic carbocycles. The molecule has 5 heteroatoms. The third-order valence-corrected chi connectivity index (χ3v) is 5.71. The number of likely N-dealkylation sites (tertiary alicyclic amines) is 1. The van der Waals surface area contributed by atoms with Gasteiger partial charge in [-0.3, -0.25) is 4.79 Å². The van der Waals surface area contributed by atoms with Gasteiger partial charge in [-0.05, 0) is 56.6 Å². The maximum absolute atomic E-state index is 11.4. The molecule has 1 aliphatic heterocycles. The van der Waals surface area contributed by atoms with Gasteiger partial charge in [-0.15, -0.1) is 0 Å². The van der Waals surface area contributed by atoms with Crippen molar-refractivity contribution in [2.24, 2.45) is 11.3 Å². The van der Waals surface area contributed by atoms with E-state index >= 15 is 0 Å². The number of H-pyrrole nitrogens is 1. The average molecular weight is 357 g/mol. The number of carbonyl (C=O) groups excluding carboxylic acids is 1. The van der Waals surface area contributed by atoms with E-state index in [1.54, 1.807) is 0 Å². The predicted molar refractivity (Wildman–Crippen MR) is 107 cm³/mol. The monoisotopic (exact) mass is 357 g/mol. The molecule has 3 rings (SSSR count). The Morgan fingerprint density at radius 2 is 2.08 bits per heavy atom. The van der Waals surface area contributed by atoms with Gasteiger partial charge in [-0.2, -0.15) is 0 Å². The number of fused-ring (bicyclic) bond motifs is 1. The van der Waals surface area contributed by atoms with Crippen LogP contribution in [0.5, 0.6) is 5.75 Å². The van der Waals surface area contributed by atoms with Crippen LogP contribution in [0.15, 0.2) is 24.4 Å². The first-order chi connectivity index (χ1) is 12.4. The van der Waals surface area contributed by atoms with Crippen molar-refractivity contribution in [3.8, 4) is 5.75 Å². The van der Waals surface area contributed by atoms with Gasteiger partial charge in [0.05, 0.1) is 12.3 Å². The van der Waals surface area contributed by atoms with Gasteiger partial charge < -0.3 is 19.9 Å². The molecule has 1 fully saturated rings. The number of nitrogens with one attached hydrogen (secondary N) is 2. The summed E-state index contributed by atoms with van der Waals surface area (Å²) in [7, 11) is 0. The average Bonchev–Trinajstić information content (AvgIpc) is 3.02. The second kappa shape index (κ2) is 7.70. The number of amides is 1. The first-order valence-electron chi connectivity index (χ1n) is 9.63. The summed E-state index contributed by atoms with van der Waals surface area (Å²) >= 11 is 0. The first kappa shape index (κ1) is 18.8. The molecule has 1 saturated heterocycles. The van der Waals surface area contributed by atoms with E-state index in [-0.39, 0.29) is 11.3 Å². The first-order valence-corrected chi connectivity index (χ1v) is 9.63. The minimum absolute atomic E-state index is 0.0724. The van der Waals surface area contributed by atoms with Crippen molar-refractivity contribution in [3.63, 3.8) is 0 Å². The SMILES string of the molecule is CCN1CCC(C(C)(C)COc2ccc3[nH]cc(NC(C)=O)c3c2)CC1. The van der Waals surface area contributed by atoms with E-state index in [4.69, 9.17) is 4.74 Å². The lowest BCUT2D eigenvalue weighted by Gasteiger charge is -2.40. The summed E-state index contributed by atoms with van der Waals surface area (Å²) in [5.74, 6) is 1.47. The van der Waals surface area contributed by atoms with Gasteiger partial charge in [0.1, 0.15) is 5.75 Å². The van der Waals surface area contributed by atoms with E-state index in [9.17, 15) is 4.79 Å². The van der Waals surface area contributed by atoms with Crippen LogP contribution in [0.1, 0.15) is 40.5 Å². The van der Waals surface area contributed by atoms with Gasteiger partial charge in [0, 0.05) is 29.4 Å². The van der Waals surface area contributed by atoms with Crippen molar-refractivity contribution >= 4 is 22.5 Å². The van der Waals surface area contributed by atoms with E-state index in [0.29, 0.717) is 12.5 Å². The zero-order chi connectivity index (χ0) is 18.7. The number of rotatable bonds is 6. The molecule has 1 amide bonds. The molecular weight excluding hydrogens is 326 g/mol. The Bertz CT molecular complexity index is 758. The summed E-state index contributed by atoms with van der Waals surface area (Å²) in [6.45, 7) is 12.6. The van der Waals surface area contributed by atoms with E-state index in [1.807, 2.05) is 24.4 Å². The highest BCUT2D eigenvalue weighted by Gasteiger charge is 2.33. The number of piperidine rings is 1. The van der Waals surface area contributed by atoms with Gasteiger partial charge in [0.25, 0.3) is 0 Å². The third-order valence-electron chi connectivity index (χ3n) is 5.71. The Morgan fingerprint density at radius 1 is 1.35 bits per heavy atom. The standard InChI is InChI=1S/C21H31N3O2/c1-5-24-10-8-16(9-11-24)21(3,4)14-26-17-6-7-19-18(12-17)20(13-22-19)23-15(2)25/h6-7,12-13,16,22H,5,8-11,14H2,1-4H3,(H,23,25). The number of benzene rings is 1. The molecular formula is C21H31N3O2. The normalized spacial score (nSPS) is 16.8. The van der Waals surface area contributed by atoms with Crippen LogP contribution >= 0.6 is 0 Å². The lowest BCUT2D eigenvalue weighted by Crippen LogP contribution is -2.41. The second-order valence-corrected chi connectivity index (χ2v) is 8.08. The molecule has 2 N–H and O–H groups in total. The maximum atomic E-state index is 11.4. The van der Waals surface area contributed by atoms with Gasteiger partial charge in [-0.1, -0.05) is 20.8 Å². The molecule has 26 heavy (non-hydrogen) atoms. The van der Waals surface area contributed by atoms with Crippen LogP contribution in [-0.4, -0.2) is 42.0 Å². The highest BCUT2D eigenvalue weighted by Crippen LogP contribution is 2.36. The molecule has 142 valence electrons. The zero-order valence-corrected chi connectivity index (χ0v) is 16.4. The minimum atomic E-state index is -0.0724. The number of hydrogen-bond acceptors (Lipinski definition) is 3. The van der Waals surface area contributed by atoms with Crippen molar-refractivity contribution < 1.29 is 9.53 Å². The van der Waals surface area contributed by atoms with Crippen LogP contribution in [0, 0.1) is 11.3 Å². The quantitative estimate of drug-likeness (QED) is 0.812. The lowest BCUT2D eigenvalue weighted by atomic mass is 9.74. The molecule has 1 aliphatic rings. The van der Waals surface area contributed by atoms with Crippen molar-refractivity contribution in [1.29, 1.82) is 0 Å². The Morgan fingerprint density at radius 3 is 2.73 bits per heavy atom. The Kier molecular flexibility index (Phi) is 5.56. The molecule has 0 bridgehead atoms. The fourth-order valence-electron chi connectivity index (χ4n) is 3.90. The molecule has 5 nitrogen and oxygen atoms in total. The summed E-state index contributed by atoms with van der Waals surface area (Å²) in [5.41, 5.74) is 1.93. The largest absolute Gasteiger partial charge is 0.493 e. The third kappa shape index (κ3) is 4.21. The number of nitrogens with zero attached hydrogens (tertiary/aromatic N) is 1. The number of carbonyl (C=O) groups is 1. The molecule has 1 aromatic heterocycles. The number of hydrogen-bond donors (Lipinski definition) is 2. The zero-order valence-electron chi connectivity index (χ0n) is 16.4. The summed E-state index contributed by atoms with van der Waals surface area (Å²) in [4.78, 5) is 17.1. The van der Waals surface area contributed by atoms with E-state index < -0.39 is 0 Å². The summed E-state index contributed by atoms with van der Waals surface area (Å²) < 4.78 is 6.17. The van der Waals surface area contributed by atoms with Crippen LogP contribution in [0.3, 0.4) is 0 Å². The fourth-order valence-corrected chi connectivity index (χ4v) is 3.90. The molecule has 0 unspecified atom stereocenters. The smallest absolute Gasteiger partial charge is 0.221 e. The molecule has 2 aromatic rings. The number of ether oxygens (including phenoxy) is 1. The van der Waals surface area contributed by atoms with Crippen molar-refractivity contribution in [1.82, 2.24) is 9.88 Å². The summed E-state index contributed by atoms with van der Waals surface area (Å²) in [5, 5.41) is 3.84. The maximum Gasteiger partial charge on any atom is 0.221 e. The highest BCUT2D eigenvalue weighted by molar-refractivity contribution is 6.01. The molecule has 0 radical (unpaired) electrons. The van der Waals surface area contributed by atoms with Crippen LogP contribution in [0.25, 0.3) is 10.9 Å². The van der Waals surface area contributed by atoms with Crippen LogP contribution in [-0.2, 0) is 4.79 Å². The Balaban J connectivity index is 1.66. The van der Waals surface area contributed by atoms with Crippen LogP contribution in [0.2, 0.25) is 0 Å².